The second-order valence-electron chi connectivity index (χ2n) is 5.86. The number of halogens is 6. The first-order valence-corrected chi connectivity index (χ1v) is 8.84. The fourth-order valence-electron chi connectivity index (χ4n) is 2.44. The minimum Gasteiger partial charge on any atom is -0.454 e. The Hall–Kier alpha value is -2.61. The summed E-state index contributed by atoms with van der Waals surface area (Å²) in [4.78, 5) is 0. The van der Waals surface area contributed by atoms with Crippen molar-refractivity contribution in [3.05, 3.63) is 87.9 Å². The van der Waals surface area contributed by atoms with Gasteiger partial charge in [0.1, 0.15) is 11.6 Å². The van der Waals surface area contributed by atoms with Crippen LogP contribution in [0.1, 0.15) is 11.1 Å². The van der Waals surface area contributed by atoms with Gasteiger partial charge in [0.05, 0.1) is 5.56 Å². The van der Waals surface area contributed by atoms with Gasteiger partial charge in [0.2, 0.25) is 0 Å². The van der Waals surface area contributed by atoms with Crippen molar-refractivity contribution in [2.24, 2.45) is 0 Å². The lowest BCUT2D eigenvalue weighted by Gasteiger charge is -2.12. The molecule has 2 nitrogen and oxygen atoms in total. The van der Waals surface area contributed by atoms with Crippen LogP contribution >= 0.6 is 15.9 Å². The van der Waals surface area contributed by atoms with Crippen molar-refractivity contribution in [1.82, 2.24) is 0 Å². The van der Waals surface area contributed by atoms with E-state index < -0.39 is 23.4 Å². The molecular formula is C20H13BrF5NO. The maximum Gasteiger partial charge on any atom is 0.416 e. The number of hydrogen-bond acceptors (Lipinski definition) is 2. The Kier molecular flexibility index (Phi) is 5.88. The van der Waals surface area contributed by atoms with E-state index in [1.165, 1.54) is 24.3 Å². The Morgan fingerprint density at radius 2 is 1.64 bits per heavy atom. The second-order valence-corrected chi connectivity index (χ2v) is 6.78. The molecule has 0 unspecified atom stereocenters. The molecule has 0 aliphatic heterocycles. The van der Waals surface area contributed by atoms with Crippen LogP contribution in [0.3, 0.4) is 0 Å². The number of alkyl halides is 3. The van der Waals surface area contributed by atoms with Crippen LogP contribution in [0, 0.1) is 11.6 Å². The first-order valence-electron chi connectivity index (χ1n) is 8.05. The number of anilines is 1. The van der Waals surface area contributed by atoms with E-state index in [2.05, 4.69) is 21.2 Å². The van der Waals surface area contributed by atoms with E-state index in [-0.39, 0.29) is 17.9 Å². The third kappa shape index (κ3) is 5.01. The average Bonchev–Trinajstić information content (AvgIpc) is 2.63. The first-order chi connectivity index (χ1) is 13.2. The molecular weight excluding hydrogens is 445 g/mol. The van der Waals surface area contributed by atoms with Crippen LogP contribution in [-0.2, 0) is 12.7 Å². The molecule has 3 aromatic rings. The van der Waals surface area contributed by atoms with E-state index in [1.54, 1.807) is 18.2 Å². The molecule has 3 rings (SSSR count). The van der Waals surface area contributed by atoms with Crippen molar-refractivity contribution in [3.8, 4) is 11.5 Å². The van der Waals surface area contributed by atoms with Gasteiger partial charge in [-0.3, -0.25) is 0 Å². The molecule has 0 saturated heterocycles. The highest BCUT2D eigenvalue weighted by Crippen LogP contribution is 2.31. The van der Waals surface area contributed by atoms with Gasteiger partial charge < -0.3 is 10.1 Å². The molecule has 0 aliphatic carbocycles. The number of hydrogen-bond donors (Lipinski definition) is 1. The van der Waals surface area contributed by atoms with E-state index in [4.69, 9.17) is 4.74 Å². The van der Waals surface area contributed by atoms with Gasteiger partial charge in [-0.05, 0) is 48.5 Å². The third-order valence-corrected chi connectivity index (χ3v) is 4.30. The smallest absolute Gasteiger partial charge is 0.416 e. The minimum atomic E-state index is -4.55. The van der Waals surface area contributed by atoms with Gasteiger partial charge in [-0.25, -0.2) is 8.78 Å². The molecule has 28 heavy (non-hydrogen) atoms. The Balaban J connectivity index is 1.74. The van der Waals surface area contributed by atoms with E-state index in [1.807, 2.05) is 0 Å². The van der Waals surface area contributed by atoms with Gasteiger partial charge in [0.15, 0.2) is 11.6 Å². The summed E-state index contributed by atoms with van der Waals surface area (Å²) >= 11 is 3.23. The third-order valence-electron chi connectivity index (χ3n) is 3.81. The summed E-state index contributed by atoms with van der Waals surface area (Å²) in [6, 6.07) is 12.9. The fraction of sp³-hybridized carbons (Fsp3) is 0.100. The van der Waals surface area contributed by atoms with Gasteiger partial charge in [0.25, 0.3) is 0 Å². The van der Waals surface area contributed by atoms with Crippen molar-refractivity contribution in [2.75, 3.05) is 5.32 Å². The van der Waals surface area contributed by atoms with Crippen LogP contribution in [-0.4, -0.2) is 0 Å². The van der Waals surface area contributed by atoms with Gasteiger partial charge in [-0.1, -0.05) is 22.0 Å². The highest BCUT2D eigenvalue weighted by Gasteiger charge is 2.31. The molecule has 0 spiro atoms. The van der Waals surface area contributed by atoms with Crippen LogP contribution in [0.5, 0.6) is 11.5 Å². The van der Waals surface area contributed by atoms with Gasteiger partial charge >= 0.3 is 6.18 Å². The molecule has 0 heterocycles. The lowest BCUT2D eigenvalue weighted by atomic mass is 10.1. The quantitative estimate of drug-likeness (QED) is 0.410. The summed E-state index contributed by atoms with van der Waals surface area (Å²) in [5.74, 6) is -0.973. The van der Waals surface area contributed by atoms with E-state index in [0.29, 0.717) is 22.0 Å². The molecule has 0 amide bonds. The van der Waals surface area contributed by atoms with E-state index in [9.17, 15) is 22.0 Å². The van der Waals surface area contributed by atoms with E-state index in [0.717, 1.165) is 12.1 Å². The van der Waals surface area contributed by atoms with Crippen LogP contribution in [0.2, 0.25) is 0 Å². The molecule has 0 aliphatic rings. The summed E-state index contributed by atoms with van der Waals surface area (Å²) in [6.07, 6.45) is -4.55. The van der Waals surface area contributed by atoms with E-state index >= 15 is 0 Å². The fourth-order valence-corrected chi connectivity index (χ4v) is 2.78. The maximum absolute atomic E-state index is 13.8. The number of rotatable bonds is 5. The topological polar surface area (TPSA) is 21.3 Å². The van der Waals surface area contributed by atoms with Crippen molar-refractivity contribution < 1.29 is 26.7 Å². The molecule has 146 valence electrons. The molecule has 0 atom stereocenters. The zero-order chi connectivity index (χ0) is 20.3. The van der Waals surface area contributed by atoms with Gasteiger partial charge in [0, 0.05) is 28.3 Å². The highest BCUT2D eigenvalue weighted by atomic mass is 79.9. The first kappa shape index (κ1) is 20.1. The van der Waals surface area contributed by atoms with Crippen molar-refractivity contribution in [3.63, 3.8) is 0 Å². The molecule has 0 bridgehead atoms. The molecule has 0 radical (unpaired) electrons. The molecule has 1 N–H and O–H groups in total. The lowest BCUT2D eigenvalue weighted by Crippen LogP contribution is -2.08. The molecule has 8 heteroatoms. The lowest BCUT2D eigenvalue weighted by molar-refractivity contribution is -0.137. The molecule has 3 aromatic carbocycles. The predicted octanol–water partition coefficient (Wildman–Crippen LogP) is 7.15. The van der Waals surface area contributed by atoms with Crippen LogP contribution < -0.4 is 10.1 Å². The van der Waals surface area contributed by atoms with Crippen molar-refractivity contribution in [1.29, 1.82) is 0 Å². The van der Waals surface area contributed by atoms with Crippen LogP contribution in [0.4, 0.5) is 27.6 Å². The minimum absolute atomic E-state index is 0.00967. The molecule has 0 aromatic heterocycles. The number of nitrogens with one attached hydrogen (secondary N) is 1. The van der Waals surface area contributed by atoms with Gasteiger partial charge in [-0.15, -0.1) is 0 Å². The summed E-state index contributed by atoms with van der Waals surface area (Å²) in [5, 5.41) is 2.84. The molecule has 0 saturated carbocycles. The predicted molar refractivity (Wildman–Crippen MR) is 99.3 cm³/mol. The van der Waals surface area contributed by atoms with Gasteiger partial charge in [-0.2, -0.15) is 13.2 Å². The van der Waals surface area contributed by atoms with Crippen LogP contribution in [0.15, 0.2) is 65.1 Å². The summed E-state index contributed by atoms with van der Waals surface area (Å²) in [5.41, 5.74) is -0.572. The zero-order valence-corrected chi connectivity index (χ0v) is 15.7. The SMILES string of the molecule is Fc1ccc(C(F)(F)F)cc1CNc1cccc(Oc2cc(Br)ccc2F)c1. The Bertz CT molecular complexity index is 991. The second kappa shape index (κ2) is 8.18. The standard InChI is InChI=1S/C20H13BrF5NO/c21-14-5-7-18(23)19(9-14)28-16-3-1-2-15(10-16)27-11-12-8-13(20(24,25)26)4-6-17(12)22/h1-10,27H,11H2. The average molecular weight is 458 g/mol. The van der Waals surface area contributed by atoms with Crippen molar-refractivity contribution >= 4 is 21.6 Å². The summed E-state index contributed by atoms with van der Waals surface area (Å²) in [7, 11) is 0. The number of ether oxygens (including phenoxy) is 1. The maximum atomic E-state index is 13.8. The normalized spacial score (nSPS) is 11.4. The highest BCUT2D eigenvalue weighted by molar-refractivity contribution is 9.10. The Labute approximate surface area is 166 Å². The summed E-state index contributed by atoms with van der Waals surface area (Å²) < 4.78 is 72.2. The van der Waals surface area contributed by atoms with Crippen LogP contribution in [0.25, 0.3) is 0 Å². The monoisotopic (exact) mass is 457 g/mol. The summed E-state index contributed by atoms with van der Waals surface area (Å²) in [6.45, 7) is -0.162. The Morgan fingerprint density at radius 1 is 0.893 bits per heavy atom. The number of benzene rings is 3. The molecule has 0 fully saturated rings. The Morgan fingerprint density at radius 3 is 2.39 bits per heavy atom. The van der Waals surface area contributed by atoms with Crippen molar-refractivity contribution in [2.45, 2.75) is 12.7 Å². The largest absolute Gasteiger partial charge is 0.454 e. The zero-order valence-electron chi connectivity index (χ0n) is 14.2.